The van der Waals surface area contributed by atoms with Gasteiger partial charge in [-0.2, -0.15) is 0 Å². The number of aromatic amines is 1. The summed E-state index contributed by atoms with van der Waals surface area (Å²) >= 11 is 0. The molecule has 2 aromatic carbocycles. The predicted octanol–water partition coefficient (Wildman–Crippen LogP) is 6.05. The molecule has 3 aromatic rings. The zero-order chi connectivity index (χ0) is 21.4. The number of nitrogens with zero attached hydrogens (tertiary/aromatic N) is 1. The standard InChI is InChI=1S/C25H32N2O2/c1-23(2,3)18-14-19(24(4,5)6)16-21(15-18)29-20-10-8-17(9-11-20)25(7,28)22-26-12-13-27-22/h8-16,28H,1-7H3,(H,26,27). The first-order valence-electron chi connectivity index (χ1n) is 10.0. The normalized spacial score (nSPS) is 14.5. The third kappa shape index (κ3) is 4.70. The van der Waals surface area contributed by atoms with Crippen LogP contribution in [0.15, 0.2) is 54.9 Å². The molecule has 0 saturated carbocycles. The number of H-pyrrole nitrogens is 1. The minimum Gasteiger partial charge on any atom is -0.457 e. The van der Waals surface area contributed by atoms with E-state index >= 15 is 0 Å². The van der Waals surface area contributed by atoms with Crippen LogP contribution in [0.5, 0.6) is 11.5 Å². The van der Waals surface area contributed by atoms with Gasteiger partial charge in [0.15, 0.2) is 0 Å². The molecule has 0 bridgehead atoms. The van der Waals surface area contributed by atoms with E-state index in [1.807, 2.05) is 24.3 Å². The summed E-state index contributed by atoms with van der Waals surface area (Å²) in [5.74, 6) is 2.07. The lowest BCUT2D eigenvalue weighted by Crippen LogP contribution is -2.24. The van der Waals surface area contributed by atoms with Gasteiger partial charge < -0.3 is 14.8 Å². The van der Waals surface area contributed by atoms with Gasteiger partial charge in [0.25, 0.3) is 0 Å². The fourth-order valence-corrected chi connectivity index (χ4v) is 3.18. The van der Waals surface area contributed by atoms with Crippen LogP contribution < -0.4 is 4.74 Å². The van der Waals surface area contributed by atoms with Crippen molar-refractivity contribution in [3.63, 3.8) is 0 Å². The van der Waals surface area contributed by atoms with Crippen LogP contribution in [-0.2, 0) is 16.4 Å². The smallest absolute Gasteiger partial charge is 0.144 e. The van der Waals surface area contributed by atoms with Crippen molar-refractivity contribution in [1.29, 1.82) is 0 Å². The number of hydrogen-bond donors (Lipinski definition) is 2. The molecule has 1 heterocycles. The molecule has 0 saturated heterocycles. The predicted molar refractivity (Wildman–Crippen MR) is 118 cm³/mol. The Kier molecular flexibility index (Phi) is 5.35. The number of hydrogen-bond acceptors (Lipinski definition) is 3. The molecular formula is C25H32N2O2. The molecular weight excluding hydrogens is 360 g/mol. The van der Waals surface area contributed by atoms with E-state index in [1.165, 1.54) is 11.1 Å². The topological polar surface area (TPSA) is 58.1 Å². The van der Waals surface area contributed by atoms with E-state index in [2.05, 4.69) is 69.7 Å². The first-order chi connectivity index (χ1) is 13.4. The largest absolute Gasteiger partial charge is 0.457 e. The van der Waals surface area contributed by atoms with Gasteiger partial charge in [-0.1, -0.05) is 59.7 Å². The fourth-order valence-electron chi connectivity index (χ4n) is 3.18. The number of ether oxygens (including phenoxy) is 1. The summed E-state index contributed by atoms with van der Waals surface area (Å²) in [6.07, 6.45) is 3.34. The van der Waals surface area contributed by atoms with Gasteiger partial charge in [0.05, 0.1) is 0 Å². The van der Waals surface area contributed by atoms with Crippen LogP contribution in [0.1, 0.15) is 71.0 Å². The number of aromatic nitrogens is 2. The maximum absolute atomic E-state index is 10.8. The fraction of sp³-hybridized carbons (Fsp3) is 0.400. The second-order valence-electron chi connectivity index (χ2n) is 9.88. The first-order valence-corrected chi connectivity index (χ1v) is 10.0. The van der Waals surface area contributed by atoms with E-state index in [4.69, 9.17) is 4.74 Å². The molecule has 0 spiro atoms. The third-order valence-corrected chi connectivity index (χ3v) is 5.25. The molecule has 0 aliphatic rings. The van der Waals surface area contributed by atoms with E-state index in [0.29, 0.717) is 5.82 Å². The molecule has 0 aliphatic heterocycles. The van der Waals surface area contributed by atoms with Crippen molar-refractivity contribution in [3.05, 3.63) is 77.4 Å². The van der Waals surface area contributed by atoms with Crippen LogP contribution in [0.4, 0.5) is 0 Å². The Labute approximate surface area is 174 Å². The Bertz CT molecular complexity index is 925. The van der Waals surface area contributed by atoms with Crippen LogP contribution in [0.2, 0.25) is 0 Å². The summed E-state index contributed by atoms with van der Waals surface area (Å²) in [4.78, 5) is 7.16. The molecule has 1 atom stereocenters. The maximum atomic E-state index is 10.8. The highest BCUT2D eigenvalue weighted by Crippen LogP contribution is 2.35. The van der Waals surface area contributed by atoms with Crippen molar-refractivity contribution < 1.29 is 9.84 Å². The lowest BCUT2D eigenvalue weighted by atomic mass is 9.80. The average molecular weight is 393 g/mol. The van der Waals surface area contributed by atoms with Crippen molar-refractivity contribution in [1.82, 2.24) is 9.97 Å². The highest BCUT2D eigenvalue weighted by Gasteiger charge is 2.28. The van der Waals surface area contributed by atoms with E-state index in [9.17, 15) is 5.11 Å². The molecule has 0 radical (unpaired) electrons. The van der Waals surface area contributed by atoms with Gasteiger partial charge in [0.2, 0.25) is 0 Å². The second kappa shape index (κ2) is 7.34. The highest BCUT2D eigenvalue weighted by molar-refractivity contribution is 5.43. The van der Waals surface area contributed by atoms with Gasteiger partial charge in [-0.25, -0.2) is 4.98 Å². The van der Waals surface area contributed by atoms with E-state index in [-0.39, 0.29) is 10.8 Å². The second-order valence-corrected chi connectivity index (χ2v) is 9.88. The van der Waals surface area contributed by atoms with E-state index in [1.54, 1.807) is 19.3 Å². The van der Waals surface area contributed by atoms with Gasteiger partial charge >= 0.3 is 0 Å². The van der Waals surface area contributed by atoms with Gasteiger partial charge in [0, 0.05) is 12.4 Å². The SMILES string of the molecule is CC(C)(C)c1cc(Oc2ccc(C(C)(O)c3ncc[nH]3)cc2)cc(C(C)(C)C)c1. The molecule has 0 fully saturated rings. The number of nitrogens with one attached hydrogen (secondary N) is 1. The van der Waals surface area contributed by atoms with Crippen LogP contribution in [0, 0.1) is 0 Å². The zero-order valence-electron chi connectivity index (χ0n) is 18.5. The zero-order valence-corrected chi connectivity index (χ0v) is 18.5. The molecule has 1 unspecified atom stereocenters. The van der Waals surface area contributed by atoms with E-state index in [0.717, 1.165) is 17.1 Å². The van der Waals surface area contributed by atoms with Crippen molar-refractivity contribution in [3.8, 4) is 11.5 Å². The summed E-state index contributed by atoms with van der Waals surface area (Å²) < 4.78 is 6.20. The van der Waals surface area contributed by atoms with Gasteiger partial charge in [-0.3, -0.25) is 0 Å². The average Bonchev–Trinajstić information content (AvgIpc) is 3.16. The number of imidazole rings is 1. The van der Waals surface area contributed by atoms with Crippen LogP contribution >= 0.6 is 0 Å². The lowest BCUT2D eigenvalue weighted by molar-refractivity contribution is 0.0931. The number of benzene rings is 2. The van der Waals surface area contributed by atoms with Crippen molar-refractivity contribution >= 4 is 0 Å². The summed E-state index contributed by atoms with van der Waals surface area (Å²) in [7, 11) is 0. The van der Waals surface area contributed by atoms with Crippen molar-refractivity contribution in [2.75, 3.05) is 0 Å². The molecule has 154 valence electrons. The Morgan fingerprint density at radius 3 is 1.76 bits per heavy atom. The maximum Gasteiger partial charge on any atom is 0.144 e. The lowest BCUT2D eigenvalue weighted by Gasteiger charge is -2.26. The van der Waals surface area contributed by atoms with Gasteiger partial charge in [-0.15, -0.1) is 0 Å². The number of aliphatic hydroxyl groups is 1. The van der Waals surface area contributed by atoms with Crippen molar-refractivity contribution in [2.24, 2.45) is 0 Å². The molecule has 29 heavy (non-hydrogen) atoms. The summed E-state index contributed by atoms with van der Waals surface area (Å²) in [5.41, 5.74) is 2.12. The Morgan fingerprint density at radius 2 is 1.31 bits per heavy atom. The molecule has 1 aromatic heterocycles. The monoisotopic (exact) mass is 392 g/mol. The van der Waals surface area contributed by atoms with Crippen LogP contribution in [0.25, 0.3) is 0 Å². The Hall–Kier alpha value is -2.59. The Balaban J connectivity index is 1.90. The molecule has 3 rings (SSSR count). The molecule has 4 heteroatoms. The van der Waals surface area contributed by atoms with Crippen molar-refractivity contribution in [2.45, 2.75) is 64.9 Å². The van der Waals surface area contributed by atoms with Crippen LogP contribution in [0.3, 0.4) is 0 Å². The summed E-state index contributed by atoms with van der Waals surface area (Å²) in [5, 5.41) is 10.8. The van der Waals surface area contributed by atoms with E-state index < -0.39 is 5.60 Å². The van der Waals surface area contributed by atoms with Gasteiger partial charge in [-0.05, 0) is 58.7 Å². The minimum absolute atomic E-state index is 0.0327. The molecule has 0 amide bonds. The van der Waals surface area contributed by atoms with Crippen LogP contribution in [-0.4, -0.2) is 15.1 Å². The molecule has 2 N–H and O–H groups in total. The third-order valence-electron chi connectivity index (χ3n) is 5.25. The Morgan fingerprint density at radius 1 is 0.759 bits per heavy atom. The number of rotatable bonds is 4. The quantitative estimate of drug-likeness (QED) is 0.568. The van der Waals surface area contributed by atoms with Gasteiger partial charge in [0.1, 0.15) is 22.9 Å². The summed E-state index contributed by atoms with van der Waals surface area (Å²) in [6.45, 7) is 15.0. The molecule has 4 nitrogen and oxygen atoms in total. The molecule has 0 aliphatic carbocycles. The summed E-state index contributed by atoms with van der Waals surface area (Å²) in [6, 6.07) is 14.0. The first kappa shape index (κ1) is 21.1. The minimum atomic E-state index is -1.19. The highest BCUT2D eigenvalue weighted by atomic mass is 16.5.